The zero-order valence-corrected chi connectivity index (χ0v) is 8.37. The minimum atomic E-state index is 0.463. The molecule has 0 aliphatic carbocycles. The van der Waals surface area contributed by atoms with Gasteiger partial charge in [0.2, 0.25) is 0 Å². The van der Waals surface area contributed by atoms with Crippen molar-refractivity contribution in [2.75, 3.05) is 0 Å². The summed E-state index contributed by atoms with van der Waals surface area (Å²) in [6.45, 7) is 6.33. The largest absolute Gasteiger partial charge is 0.340 e. The molecule has 0 atom stereocenters. The van der Waals surface area contributed by atoms with Crippen LogP contribution >= 0.6 is 0 Å². The lowest BCUT2D eigenvalue weighted by Crippen LogP contribution is -1.98. The molecule has 0 bridgehead atoms. The highest BCUT2D eigenvalue weighted by Gasteiger charge is 2.10. The van der Waals surface area contributed by atoms with E-state index in [4.69, 9.17) is 5.26 Å². The van der Waals surface area contributed by atoms with Crippen molar-refractivity contribution in [2.24, 2.45) is 0 Å². The third kappa shape index (κ3) is 2.01. The summed E-state index contributed by atoms with van der Waals surface area (Å²) in [6.07, 6.45) is 0.879. The highest BCUT2D eigenvalue weighted by atomic mass is 17.1. The van der Waals surface area contributed by atoms with E-state index in [-0.39, 0.29) is 0 Å². The van der Waals surface area contributed by atoms with Crippen LogP contribution in [-0.2, 0) is 6.42 Å². The normalized spacial score (nSPS) is 10.5. The lowest BCUT2D eigenvalue weighted by atomic mass is 9.95. The van der Waals surface area contributed by atoms with Crippen LogP contribution in [0.3, 0.4) is 0 Å². The van der Waals surface area contributed by atoms with E-state index in [2.05, 4.69) is 31.7 Å². The summed E-state index contributed by atoms with van der Waals surface area (Å²) in [6, 6.07) is 5.76. The predicted molar refractivity (Wildman–Crippen MR) is 53.2 cm³/mol. The lowest BCUT2D eigenvalue weighted by Gasteiger charge is -2.13. The van der Waals surface area contributed by atoms with Gasteiger partial charge < -0.3 is 4.89 Å². The molecule has 2 nitrogen and oxygen atoms in total. The molecule has 0 radical (unpaired) electrons. The molecule has 0 amide bonds. The van der Waals surface area contributed by atoms with Gasteiger partial charge in [-0.3, -0.25) is 0 Å². The second-order valence-electron chi connectivity index (χ2n) is 3.42. The monoisotopic (exact) mass is 180 g/mol. The molecule has 1 rings (SSSR count). The first-order valence-corrected chi connectivity index (χ1v) is 4.63. The maximum atomic E-state index is 8.66. The Morgan fingerprint density at radius 3 is 2.54 bits per heavy atom. The highest BCUT2D eigenvalue weighted by molar-refractivity contribution is 5.41. The first kappa shape index (κ1) is 10.1. The minimum absolute atomic E-state index is 0.463. The minimum Gasteiger partial charge on any atom is -0.340 e. The van der Waals surface area contributed by atoms with Gasteiger partial charge >= 0.3 is 0 Å². The molecule has 0 unspecified atom stereocenters. The molecule has 0 saturated heterocycles. The zero-order chi connectivity index (χ0) is 9.84. The first-order chi connectivity index (χ1) is 6.20. The Kier molecular flexibility index (Phi) is 3.32. The Morgan fingerprint density at radius 2 is 2.08 bits per heavy atom. The van der Waals surface area contributed by atoms with Gasteiger partial charge in [0.05, 0.1) is 0 Å². The third-order valence-electron chi connectivity index (χ3n) is 2.24. The maximum Gasteiger partial charge on any atom is 0.168 e. The van der Waals surface area contributed by atoms with Crippen LogP contribution in [-0.4, -0.2) is 5.26 Å². The molecule has 0 aliphatic heterocycles. The van der Waals surface area contributed by atoms with Gasteiger partial charge in [-0.25, -0.2) is 5.26 Å². The molecule has 0 fully saturated rings. The molecule has 0 aromatic heterocycles. The summed E-state index contributed by atoms with van der Waals surface area (Å²) in [5.41, 5.74) is 2.34. The van der Waals surface area contributed by atoms with Crippen LogP contribution < -0.4 is 4.89 Å². The molecule has 1 aromatic rings. The van der Waals surface area contributed by atoms with Gasteiger partial charge in [0.15, 0.2) is 5.75 Å². The van der Waals surface area contributed by atoms with Crippen molar-refractivity contribution < 1.29 is 10.1 Å². The fraction of sp³-hybridized carbons (Fsp3) is 0.455. The van der Waals surface area contributed by atoms with E-state index < -0.39 is 0 Å². The average molecular weight is 180 g/mol. The Bertz CT molecular complexity index is 279. The standard InChI is InChI=1S/C11H16O2/c1-4-9-10(8(2)3)6-5-7-11(9)13-12/h5-8,12H,4H2,1-3H3. The van der Waals surface area contributed by atoms with Crippen molar-refractivity contribution in [3.05, 3.63) is 29.3 Å². The molecule has 72 valence electrons. The van der Waals surface area contributed by atoms with E-state index >= 15 is 0 Å². The SMILES string of the molecule is CCc1c(OO)cccc1C(C)C. The van der Waals surface area contributed by atoms with Crippen LogP contribution in [0.4, 0.5) is 0 Å². The van der Waals surface area contributed by atoms with Crippen LogP contribution in [0.25, 0.3) is 0 Å². The van der Waals surface area contributed by atoms with Crippen molar-refractivity contribution in [1.29, 1.82) is 0 Å². The predicted octanol–water partition coefficient (Wildman–Crippen LogP) is 3.22. The van der Waals surface area contributed by atoms with Crippen molar-refractivity contribution in [2.45, 2.75) is 33.1 Å². The van der Waals surface area contributed by atoms with Crippen molar-refractivity contribution >= 4 is 0 Å². The quantitative estimate of drug-likeness (QED) is 0.571. The first-order valence-electron chi connectivity index (χ1n) is 4.63. The van der Waals surface area contributed by atoms with Crippen LogP contribution in [0.15, 0.2) is 18.2 Å². The van der Waals surface area contributed by atoms with Crippen molar-refractivity contribution in [3.63, 3.8) is 0 Å². The van der Waals surface area contributed by atoms with E-state index in [0.29, 0.717) is 11.7 Å². The van der Waals surface area contributed by atoms with Gasteiger partial charge in [0.25, 0.3) is 0 Å². The van der Waals surface area contributed by atoms with E-state index in [0.717, 1.165) is 12.0 Å². The van der Waals surface area contributed by atoms with Gasteiger partial charge in [-0.15, -0.1) is 0 Å². The number of hydrogen-bond acceptors (Lipinski definition) is 2. The molecular weight excluding hydrogens is 164 g/mol. The molecule has 1 N–H and O–H groups in total. The molecule has 1 aromatic carbocycles. The van der Waals surface area contributed by atoms with Crippen LogP contribution in [0.1, 0.15) is 37.8 Å². The van der Waals surface area contributed by atoms with Gasteiger partial charge in [-0.05, 0) is 24.0 Å². The van der Waals surface area contributed by atoms with E-state index in [1.54, 1.807) is 6.07 Å². The fourth-order valence-electron chi connectivity index (χ4n) is 1.59. The summed E-state index contributed by atoms with van der Waals surface area (Å²) < 4.78 is 0. The molecule has 0 spiro atoms. The number of rotatable bonds is 3. The maximum absolute atomic E-state index is 8.66. The average Bonchev–Trinajstić information content (AvgIpc) is 2.16. The van der Waals surface area contributed by atoms with E-state index in [1.807, 2.05) is 6.07 Å². The van der Waals surface area contributed by atoms with Gasteiger partial charge in [-0.2, -0.15) is 0 Å². The summed E-state index contributed by atoms with van der Waals surface area (Å²) in [7, 11) is 0. The molecule has 13 heavy (non-hydrogen) atoms. The van der Waals surface area contributed by atoms with Gasteiger partial charge in [0.1, 0.15) is 0 Å². The van der Waals surface area contributed by atoms with Crippen LogP contribution in [0.5, 0.6) is 5.75 Å². The fourth-order valence-corrected chi connectivity index (χ4v) is 1.59. The molecular formula is C11H16O2. The smallest absolute Gasteiger partial charge is 0.168 e. The second kappa shape index (κ2) is 4.28. The molecule has 0 heterocycles. The van der Waals surface area contributed by atoms with Crippen molar-refractivity contribution in [3.8, 4) is 5.75 Å². The van der Waals surface area contributed by atoms with Crippen LogP contribution in [0, 0.1) is 0 Å². The second-order valence-corrected chi connectivity index (χ2v) is 3.42. The van der Waals surface area contributed by atoms with Gasteiger partial charge in [-0.1, -0.05) is 32.9 Å². The number of benzene rings is 1. The lowest BCUT2D eigenvalue weighted by molar-refractivity contribution is -0.138. The van der Waals surface area contributed by atoms with Crippen LogP contribution in [0.2, 0.25) is 0 Å². The Morgan fingerprint density at radius 1 is 1.38 bits per heavy atom. The molecule has 0 saturated carbocycles. The summed E-state index contributed by atoms with van der Waals surface area (Å²) in [5.74, 6) is 1.04. The summed E-state index contributed by atoms with van der Waals surface area (Å²) >= 11 is 0. The van der Waals surface area contributed by atoms with E-state index in [9.17, 15) is 0 Å². The van der Waals surface area contributed by atoms with Crippen molar-refractivity contribution in [1.82, 2.24) is 0 Å². The highest BCUT2D eigenvalue weighted by Crippen LogP contribution is 2.27. The number of hydrogen-bond donors (Lipinski definition) is 1. The summed E-state index contributed by atoms with van der Waals surface area (Å²) in [5, 5.41) is 8.66. The molecule has 2 heteroatoms. The summed E-state index contributed by atoms with van der Waals surface area (Å²) in [4.78, 5) is 4.33. The Labute approximate surface area is 79.1 Å². The third-order valence-corrected chi connectivity index (χ3v) is 2.24. The topological polar surface area (TPSA) is 29.5 Å². The van der Waals surface area contributed by atoms with Gasteiger partial charge in [0, 0.05) is 5.56 Å². The zero-order valence-electron chi connectivity index (χ0n) is 8.37. The Balaban J connectivity index is 3.19. The molecule has 0 aliphatic rings. The Hall–Kier alpha value is -1.02. The van der Waals surface area contributed by atoms with E-state index in [1.165, 1.54) is 5.56 Å².